The van der Waals surface area contributed by atoms with Crippen molar-refractivity contribution < 1.29 is 9.26 Å². The fraction of sp³-hybridized carbons (Fsp3) is 0.226. The highest BCUT2D eigenvalue weighted by atomic mass is 16.5. The van der Waals surface area contributed by atoms with E-state index in [0.717, 1.165) is 52.9 Å². The molecule has 0 spiro atoms. The Morgan fingerprint density at radius 3 is 2.44 bits per heavy atom. The van der Waals surface area contributed by atoms with Gasteiger partial charge in [0.1, 0.15) is 11.6 Å². The van der Waals surface area contributed by atoms with E-state index in [1.807, 2.05) is 79.7 Å². The molecule has 39 heavy (non-hydrogen) atoms. The predicted octanol–water partition coefficient (Wildman–Crippen LogP) is 5.49. The van der Waals surface area contributed by atoms with Crippen molar-refractivity contribution in [3.8, 4) is 34.0 Å². The number of hydrogen-bond acceptors (Lipinski definition) is 6. The summed E-state index contributed by atoms with van der Waals surface area (Å²) in [5.41, 5.74) is 5.85. The molecule has 0 amide bonds. The molecule has 5 aromatic rings. The second-order valence-corrected chi connectivity index (χ2v) is 9.39. The molecule has 8 nitrogen and oxygen atoms in total. The summed E-state index contributed by atoms with van der Waals surface area (Å²) < 4.78 is 11.7. The fourth-order valence-corrected chi connectivity index (χ4v) is 4.79. The van der Waals surface area contributed by atoms with Gasteiger partial charge >= 0.3 is 5.76 Å². The number of aromatic nitrogens is 4. The van der Waals surface area contributed by atoms with E-state index < -0.39 is 5.76 Å². The largest absolute Gasteiger partial charge is 0.497 e. The van der Waals surface area contributed by atoms with Gasteiger partial charge in [0, 0.05) is 23.6 Å². The second-order valence-electron chi connectivity index (χ2n) is 9.39. The average molecular weight is 523 g/mol. The topological polar surface area (TPSA) is 103 Å². The van der Waals surface area contributed by atoms with Crippen LogP contribution in [0.25, 0.3) is 28.2 Å². The zero-order valence-corrected chi connectivity index (χ0v) is 22.2. The number of hydrogen-bond donors (Lipinski definition) is 1. The normalized spacial score (nSPS) is 11.1. The number of H-pyrrole nitrogens is 1. The summed E-state index contributed by atoms with van der Waals surface area (Å²) in [5, 5.41) is 3.85. The van der Waals surface area contributed by atoms with Gasteiger partial charge in [0.2, 0.25) is 0 Å². The Hall–Kier alpha value is -4.72. The molecular formula is C31H30N4O4. The monoisotopic (exact) mass is 522 g/mol. The lowest BCUT2D eigenvalue weighted by Crippen LogP contribution is -2.28. The van der Waals surface area contributed by atoms with Crippen molar-refractivity contribution in [2.75, 3.05) is 7.11 Å². The van der Waals surface area contributed by atoms with E-state index in [0.29, 0.717) is 29.4 Å². The Labute approximate surface area is 225 Å². The summed E-state index contributed by atoms with van der Waals surface area (Å²) in [6, 6.07) is 23.2. The zero-order chi connectivity index (χ0) is 27.4. The molecule has 8 heteroatoms. The van der Waals surface area contributed by atoms with Gasteiger partial charge in [0.15, 0.2) is 5.82 Å². The van der Waals surface area contributed by atoms with Gasteiger partial charge in [-0.1, -0.05) is 73.1 Å². The second kappa shape index (κ2) is 11.3. The minimum Gasteiger partial charge on any atom is -0.497 e. The van der Waals surface area contributed by atoms with Crippen molar-refractivity contribution in [2.24, 2.45) is 0 Å². The molecule has 0 aliphatic rings. The van der Waals surface area contributed by atoms with E-state index in [4.69, 9.17) is 14.2 Å². The van der Waals surface area contributed by atoms with Gasteiger partial charge in [0.05, 0.1) is 18.5 Å². The van der Waals surface area contributed by atoms with Gasteiger partial charge in [-0.3, -0.25) is 18.9 Å². The first-order valence-electron chi connectivity index (χ1n) is 13.0. The Balaban J connectivity index is 1.52. The van der Waals surface area contributed by atoms with Crippen LogP contribution >= 0.6 is 0 Å². The van der Waals surface area contributed by atoms with Crippen LogP contribution in [0.2, 0.25) is 0 Å². The van der Waals surface area contributed by atoms with Crippen LogP contribution in [0.15, 0.2) is 86.9 Å². The minimum absolute atomic E-state index is 0.0636. The Bertz CT molecular complexity index is 1710. The van der Waals surface area contributed by atoms with Crippen LogP contribution in [-0.4, -0.2) is 26.8 Å². The molecular weight excluding hydrogens is 492 g/mol. The maximum absolute atomic E-state index is 13.9. The summed E-state index contributed by atoms with van der Waals surface area (Å²) >= 11 is 0. The molecule has 5 rings (SSSR count). The van der Waals surface area contributed by atoms with Gasteiger partial charge in [-0.2, -0.15) is 0 Å². The smallest absolute Gasteiger partial charge is 0.439 e. The number of aryl methyl sites for hydroxylation is 2. The van der Waals surface area contributed by atoms with Gasteiger partial charge in [-0.25, -0.2) is 9.78 Å². The molecule has 0 bridgehead atoms. The number of unbranched alkanes of at least 4 members (excludes halogenated alkanes) is 1. The van der Waals surface area contributed by atoms with Crippen LogP contribution in [0.3, 0.4) is 0 Å². The molecule has 0 unspecified atom stereocenters. The fourth-order valence-electron chi connectivity index (χ4n) is 4.79. The van der Waals surface area contributed by atoms with Crippen molar-refractivity contribution in [3.05, 3.63) is 116 Å². The maximum Gasteiger partial charge on any atom is 0.439 e. The van der Waals surface area contributed by atoms with E-state index in [-0.39, 0.29) is 5.56 Å². The van der Waals surface area contributed by atoms with E-state index in [1.54, 1.807) is 11.7 Å². The zero-order valence-electron chi connectivity index (χ0n) is 22.2. The number of ether oxygens (including phenoxy) is 1. The first-order chi connectivity index (χ1) is 19.0. The number of methoxy groups -OCH3 is 1. The van der Waals surface area contributed by atoms with Crippen molar-refractivity contribution in [1.82, 2.24) is 19.7 Å². The van der Waals surface area contributed by atoms with Crippen LogP contribution < -0.4 is 16.1 Å². The van der Waals surface area contributed by atoms with Crippen LogP contribution in [0, 0.1) is 6.92 Å². The van der Waals surface area contributed by atoms with Crippen molar-refractivity contribution >= 4 is 0 Å². The molecule has 0 atom stereocenters. The number of nitrogens with one attached hydrogen (secondary N) is 1. The van der Waals surface area contributed by atoms with Crippen LogP contribution in [0.1, 0.15) is 42.4 Å². The Kier molecular flexibility index (Phi) is 7.54. The molecule has 198 valence electrons. The molecule has 1 N–H and O–H groups in total. The highest BCUT2D eigenvalue weighted by Crippen LogP contribution is 2.30. The minimum atomic E-state index is -0.597. The number of nitrogens with zero attached hydrogens (tertiary/aromatic N) is 3. The van der Waals surface area contributed by atoms with Crippen LogP contribution in [-0.2, 0) is 12.8 Å². The first-order valence-corrected chi connectivity index (χ1v) is 13.0. The maximum atomic E-state index is 13.9. The van der Waals surface area contributed by atoms with Crippen LogP contribution in [0.5, 0.6) is 5.75 Å². The molecule has 0 radical (unpaired) electrons. The van der Waals surface area contributed by atoms with Gasteiger partial charge in [0.25, 0.3) is 5.56 Å². The molecule has 2 aromatic heterocycles. The third kappa shape index (κ3) is 5.45. The molecule has 2 heterocycles. The van der Waals surface area contributed by atoms with E-state index in [9.17, 15) is 9.59 Å². The summed E-state index contributed by atoms with van der Waals surface area (Å²) in [6.45, 7) is 4.00. The Morgan fingerprint density at radius 1 is 0.974 bits per heavy atom. The average Bonchev–Trinajstić information content (AvgIpc) is 3.40. The molecule has 0 saturated heterocycles. The summed E-state index contributed by atoms with van der Waals surface area (Å²) in [7, 11) is 1.61. The van der Waals surface area contributed by atoms with Gasteiger partial charge < -0.3 is 4.74 Å². The molecule has 0 fully saturated rings. The third-order valence-electron chi connectivity index (χ3n) is 6.78. The predicted molar refractivity (Wildman–Crippen MR) is 151 cm³/mol. The molecule has 0 aliphatic heterocycles. The standard InChI is InChI=1S/C31H30N4O4/c1-4-5-13-28-27(30(36)35(20(2)32-28)23-9-8-10-24(19-23)38-3)18-21-14-16-22(17-15-21)25-11-6-7-12-26(25)29-33-31(37)39-34-29/h6-12,14-17,19H,4-5,13,18H2,1-3H3,(H,33,34,37). The SMILES string of the molecule is CCCCc1nc(C)n(-c2cccc(OC)c2)c(=O)c1Cc1ccc(-c2ccccc2-c2noc(=O)[nH]2)cc1. The van der Waals surface area contributed by atoms with Crippen molar-refractivity contribution in [2.45, 2.75) is 39.5 Å². The quantitative estimate of drug-likeness (QED) is 0.274. The van der Waals surface area contributed by atoms with E-state index in [1.165, 1.54) is 0 Å². The lowest BCUT2D eigenvalue weighted by Gasteiger charge is -2.16. The number of aromatic amines is 1. The van der Waals surface area contributed by atoms with E-state index >= 15 is 0 Å². The van der Waals surface area contributed by atoms with Gasteiger partial charge in [-0.15, -0.1) is 0 Å². The Morgan fingerprint density at radius 2 is 1.74 bits per heavy atom. The molecule has 0 aliphatic carbocycles. The summed E-state index contributed by atoms with van der Waals surface area (Å²) in [4.78, 5) is 32.9. The van der Waals surface area contributed by atoms with E-state index in [2.05, 4.69) is 17.1 Å². The molecule has 0 saturated carbocycles. The van der Waals surface area contributed by atoms with Gasteiger partial charge in [-0.05, 0) is 48.6 Å². The first kappa shape index (κ1) is 25.9. The highest BCUT2D eigenvalue weighted by Gasteiger charge is 2.17. The molecule has 3 aromatic carbocycles. The van der Waals surface area contributed by atoms with Crippen molar-refractivity contribution in [3.63, 3.8) is 0 Å². The highest BCUT2D eigenvalue weighted by molar-refractivity contribution is 5.80. The number of rotatable bonds is 9. The van der Waals surface area contributed by atoms with Crippen LogP contribution in [0.4, 0.5) is 0 Å². The summed E-state index contributed by atoms with van der Waals surface area (Å²) in [5.74, 6) is 1.12. The third-order valence-corrected chi connectivity index (χ3v) is 6.78. The summed E-state index contributed by atoms with van der Waals surface area (Å²) in [6.07, 6.45) is 3.20. The lowest BCUT2D eigenvalue weighted by atomic mass is 9.96. The number of benzene rings is 3. The lowest BCUT2D eigenvalue weighted by molar-refractivity contribution is 0.388. The van der Waals surface area contributed by atoms with Crippen molar-refractivity contribution in [1.29, 1.82) is 0 Å².